The minimum absolute atomic E-state index is 0.698. The summed E-state index contributed by atoms with van der Waals surface area (Å²) >= 11 is 4.97. The second kappa shape index (κ2) is 8.96. The minimum atomic E-state index is 0.698. The molecule has 0 aromatic heterocycles. The molecular weight excluding hydrogens is 232 g/mol. The molecule has 4 heteroatoms. The van der Waals surface area contributed by atoms with Crippen LogP contribution in [0.5, 0.6) is 0 Å². The van der Waals surface area contributed by atoms with Crippen LogP contribution in [-0.2, 0) is 11.3 Å². The Morgan fingerprint density at radius 2 is 2.00 bits per heavy atom. The molecule has 0 amide bonds. The Labute approximate surface area is 109 Å². The first-order valence-corrected chi connectivity index (χ1v) is 6.31. The van der Waals surface area contributed by atoms with E-state index in [1.165, 1.54) is 5.56 Å². The molecule has 1 aromatic rings. The highest BCUT2D eigenvalue weighted by Crippen LogP contribution is 2.01. The summed E-state index contributed by atoms with van der Waals surface area (Å²) in [5.74, 6) is 0. The third-order valence-corrected chi connectivity index (χ3v) is 2.69. The van der Waals surface area contributed by atoms with Gasteiger partial charge in [-0.3, -0.25) is 0 Å². The van der Waals surface area contributed by atoms with Gasteiger partial charge in [-0.1, -0.05) is 30.3 Å². The number of hydrogen-bond acceptors (Lipinski definition) is 2. The lowest BCUT2D eigenvalue weighted by Crippen LogP contribution is -2.33. The van der Waals surface area contributed by atoms with E-state index in [4.69, 9.17) is 17.0 Å². The molecule has 0 aliphatic carbocycles. The number of benzene rings is 1. The van der Waals surface area contributed by atoms with Crippen molar-refractivity contribution in [3.05, 3.63) is 35.9 Å². The maximum Gasteiger partial charge on any atom is 0.166 e. The SMILES string of the molecule is CNC(=S)NCCCCOCc1ccccc1. The van der Waals surface area contributed by atoms with Crippen molar-refractivity contribution in [3.8, 4) is 0 Å². The standard InChI is InChI=1S/C13H20N2OS/c1-14-13(17)15-9-5-6-10-16-11-12-7-3-2-4-8-12/h2-4,7-8H,5-6,9-11H2,1H3,(H2,14,15,17). The Balaban J connectivity index is 1.93. The molecule has 0 saturated heterocycles. The van der Waals surface area contributed by atoms with E-state index in [2.05, 4.69) is 22.8 Å². The highest BCUT2D eigenvalue weighted by Gasteiger charge is 1.93. The van der Waals surface area contributed by atoms with Crippen molar-refractivity contribution < 1.29 is 4.74 Å². The van der Waals surface area contributed by atoms with E-state index < -0.39 is 0 Å². The zero-order chi connectivity index (χ0) is 12.3. The van der Waals surface area contributed by atoms with Crippen LogP contribution < -0.4 is 10.6 Å². The number of thiocarbonyl (C=S) groups is 1. The first kappa shape index (κ1) is 13.9. The Kier molecular flexibility index (Phi) is 7.34. The maximum atomic E-state index is 5.58. The first-order valence-electron chi connectivity index (χ1n) is 5.90. The number of rotatable bonds is 7. The molecule has 0 spiro atoms. The molecule has 3 nitrogen and oxygen atoms in total. The second-order valence-electron chi connectivity index (χ2n) is 3.75. The lowest BCUT2D eigenvalue weighted by Gasteiger charge is -2.07. The van der Waals surface area contributed by atoms with Crippen LogP contribution in [0, 0.1) is 0 Å². The van der Waals surface area contributed by atoms with Crippen LogP contribution in [0.1, 0.15) is 18.4 Å². The normalized spacial score (nSPS) is 9.94. The predicted octanol–water partition coefficient (Wildman–Crippen LogP) is 2.08. The van der Waals surface area contributed by atoms with Crippen molar-refractivity contribution in [2.45, 2.75) is 19.4 Å². The molecule has 0 saturated carbocycles. The summed E-state index contributed by atoms with van der Waals surface area (Å²) < 4.78 is 5.58. The minimum Gasteiger partial charge on any atom is -0.377 e. The average molecular weight is 252 g/mol. The van der Waals surface area contributed by atoms with Crippen molar-refractivity contribution in [2.75, 3.05) is 20.2 Å². The van der Waals surface area contributed by atoms with Gasteiger partial charge in [0.25, 0.3) is 0 Å². The van der Waals surface area contributed by atoms with Crippen LogP contribution in [0.4, 0.5) is 0 Å². The topological polar surface area (TPSA) is 33.3 Å². The van der Waals surface area contributed by atoms with E-state index >= 15 is 0 Å². The van der Waals surface area contributed by atoms with Crippen LogP contribution in [0.3, 0.4) is 0 Å². The molecule has 0 aliphatic heterocycles. The number of hydrogen-bond donors (Lipinski definition) is 2. The Bertz CT molecular complexity index is 316. The van der Waals surface area contributed by atoms with Crippen LogP contribution in [0.15, 0.2) is 30.3 Å². The van der Waals surface area contributed by atoms with Gasteiger partial charge in [-0.2, -0.15) is 0 Å². The van der Waals surface area contributed by atoms with Gasteiger partial charge >= 0.3 is 0 Å². The van der Waals surface area contributed by atoms with Crippen LogP contribution in [-0.4, -0.2) is 25.3 Å². The van der Waals surface area contributed by atoms with E-state index in [1.807, 2.05) is 25.2 Å². The number of ether oxygens (including phenoxy) is 1. The monoisotopic (exact) mass is 252 g/mol. The average Bonchev–Trinajstić information content (AvgIpc) is 2.38. The summed E-state index contributed by atoms with van der Waals surface area (Å²) in [5, 5.41) is 6.69. The van der Waals surface area contributed by atoms with Gasteiger partial charge in [0.2, 0.25) is 0 Å². The van der Waals surface area contributed by atoms with Crippen molar-refractivity contribution in [1.29, 1.82) is 0 Å². The third-order valence-electron chi connectivity index (χ3n) is 2.34. The van der Waals surface area contributed by atoms with E-state index in [9.17, 15) is 0 Å². The van der Waals surface area contributed by atoms with Gasteiger partial charge < -0.3 is 15.4 Å². The Hall–Kier alpha value is -1.13. The molecule has 2 N–H and O–H groups in total. The third kappa shape index (κ3) is 6.92. The lowest BCUT2D eigenvalue weighted by molar-refractivity contribution is 0.117. The molecule has 0 fully saturated rings. The summed E-state index contributed by atoms with van der Waals surface area (Å²) in [5.41, 5.74) is 1.22. The van der Waals surface area contributed by atoms with E-state index in [1.54, 1.807) is 0 Å². The zero-order valence-electron chi connectivity index (χ0n) is 10.2. The Morgan fingerprint density at radius 1 is 1.24 bits per heavy atom. The predicted molar refractivity (Wildman–Crippen MR) is 75.0 cm³/mol. The second-order valence-corrected chi connectivity index (χ2v) is 4.16. The molecule has 17 heavy (non-hydrogen) atoms. The van der Waals surface area contributed by atoms with Gasteiger partial charge in [0.15, 0.2) is 5.11 Å². The summed E-state index contributed by atoms with van der Waals surface area (Å²) in [6.07, 6.45) is 2.11. The lowest BCUT2D eigenvalue weighted by atomic mass is 10.2. The van der Waals surface area contributed by atoms with Gasteiger partial charge in [0.05, 0.1) is 6.61 Å². The smallest absolute Gasteiger partial charge is 0.166 e. The van der Waals surface area contributed by atoms with E-state index in [-0.39, 0.29) is 0 Å². The van der Waals surface area contributed by atoms with Crippen molar-refractivity contribution >= 4 is 17.3 Å². The number of nitrogens with one attached hydrogen (secondary N) is 2. The van der Waals surface area contributed by atoms with Gasteiger partial charge in [0, 0.05) is 20.2 Å². The molecule has 0 atom stereocenters. The van der Waals surface area contributed by atoms with Crippen LogP contribution >= 0.6 is 12.2 Å². The summed E-state index contributed by atoms with van der Waals surface area (Å²) in [4.78, 5) is 0. The fourth-order valence-corrected chi connectivity index (χ4v) is 1.49. The molecule has 1 aromatic carbocycles. The quantitative estimate of drug-likeness (QED) is 0.575. The fourth-order valence-electron chi connectivity index (χ4n) is 1.38. The van der Waals surface area contributed by atoms with Crippen molar-refractivity contribution in [3.63, 3.8) is 0 Å². The Morgan fingerprint density at radius 3 is 2.71 bits per heavy atom. The highest BCUT2D eigenvalue weighted by atomic mass is 32.1. The van der Waals surface area contributed by atoms with Gasteiger partial charge in [-0.05, 0) is 30.6 Å². The molecule has 0 bridgehead atoms. The molecule has 94 valence electrons. The van der Waals surface area contributed by atoms with Gasteiger partial charge in [-0.15, -0.1) is 0 Å². The van der Waals surface area contributed by atoms with Gasteiger partial charge in [0.1, 0.15) is 0 Å². The van der Waals surface area contributed by atoms with Crippen molar-refractivity contribution in [2.24, 2.45) is 0 Å². The maximum absolute atomic E-state index is 5.58. The van der Waals surface area contributed by atoms with Crippen molar-refractivity contribution in [1.82, 2.24) is 10.6 Å². The number of unbranched alkanes of at least 4 members (excludes halogenated alkanes) is 1. The summed E-state index contributed by atoms with van der Waals surface area (Å²) in [6, 6.07) is 10.2. The highest BCUT2D eigenvalue weighted by molar-refractivity contribution is 7.80. The summed E-state index contributed by atoms with van der Waals surface area (Å²) in [6.45, 7) is 2.39. The first-order chi connectivity index (χ1) is 8.33. The molecule has 1 rings (SSSR count). The van der Waals surface area contributed by atoms with E-state index in [0.29, 0.717) is 11.7 Å². The summed E-state index contributed by atoms with van der Waals surface area (Å²) in [7, 11) is 1.82. The molecule has 0 unspecified atom stereocenters. The fraction of sp³-hybridized carbons (Fsp3) is 0.462. The molecular formula is C13H20N2OS. The zero-order valence-corrected chi connectivity index (χ0v) is 11.1. The molecule has 0 heterocycles. The van der Waals surface area contributed by atoms with E-state index in [0.717, 1.165) is 26.0 Å². The largest absolute Gasteiger partial charge is 0.377 e. The van der Waals surface area contributed by atoms with Crippen LogP contribution in [0.25, 0.3) is 0 Å². The van der Waals surface area contributed by atoms with Gasteiger partial charge in [-0.25, -0.2) is 0 Å². The molecule has 0 radical (unpaired) electrons. The van der Waals surface area contributed by atoms with Crippen LogP contribution in [0.2, 0.25) is 0 Å². The molecule has 0 aliphatic rings.